The fourth-order valence-electron chi connectivity index (χ4n) is 1.18. The highest BCUT2D eigenvalue weighted by atomic mass is 35.5. The largest absolute Gasteiger partial charge is 0.370 e. The molecule has 1 aromatic carbocycles. The number of halogens is 2. The van der Waals surface area contributed by atoms with Gasteiger partial charge >= 0.3 is 0 Å². The Bertz CT molecular complexity index is 529. The Morgan fingerprint density at radius 3 is 1.09 bits per heavy atom. The molecule has 122 valence electrons. The van der Waals surface area contributed by atoms with E-state index in [0.29, 0.717) is 11.4 Å². The van der Waals surface area contributed by atoms with E-state index in [2.05, 4.69) is 20.0 Å². The number of aliphatic imine (C=N–C) groups is 4. The summed E-state index contributed by atoms with van der Waals surface area (Å²) in [5, 5.41) is 0. The Labute approximate surface area is 139 Å². The minimum atomic E-state index is -0.169. The lowest BCUT2D eigenvalue weighted by atomic mass is 10.3. The van der Waals surface area contributed by atoms with Crippen molar-refractivity contribution >= 4 is 60.0 Å². The summed E-state index contributed by atoms with van der Waals surface area (Å²) in [6.45, 7) is 0. The number of hydrogen-bond donors (Lipinski definition) is 6. The van der Waals surface area contributed by atoms with Crippen LogP contribution in [0.1, 0.15) is 0 Å². The van der Waals surface area contributed by atoms with Crippen molar-refractivity contribution < 1.29 is 0 Å². The molecule has 0 saturated carbocycles. The van der Waals surface area contributed by atoms with Crippen LogP contribution in [0.4, 0.5) is 11.4 Å². The fourth-order valence-corrected chi connectivity index (χ4v) is 1.18. The van der Waals surface area contributed by atoms with Gasteiger partial charge in [0.05, 0.1) is 11.4 Å². The standard InChI is InChI=1S/C10H16N10.2ClH/c11-7(12)19-9(15)17-5-1-2-6(4-3-5)18-10(16)20-8(13)14;;/h1-4H,(H6,11,12,15,17,19)(H6,13,14,16,18,20);2*1H. The first-order chi connectivity index (χ1) is 9.36. The number of hydrogen-bond acceptors (Lipinski definition) is 2. The van der Waals surface area contributed by atoms with Gasteiger partial charge in [0.25, 0.3) is 0 Å². The first kappa shape index (κ1) is 21.6. The quantitative estimate of drug-likeness (QED) is 0.290. The predicted octanol–water partition coefficient (Wildman–Crippen LogP) is -1.03. The Morgan fingerprint density at radius 1 is 0.591 bits per heavy atom. The summed E-state index contributed by atoms with van der Waals surface area (Å²) in [4.78, 5) is 15.1. The minimum Gasteiger partial charge on any atom is -0.370 e. The van der Waals surface area contributed by atoms with Crippen molar-refractivity contribution in [2.24, 2.45) is 54.4 Å². The van der Waals surface area contributed by atoms with Crippen molar-refractivity contribution in [2.75, 3.05) is 0 Å². The van der Waals surface area contributed by atoms with Crippen LogP contribution in [0, 0.1) is 0 Å². The third-order valence-corrected chi connectivity index (χ3v) is 1.82. The Morgan fingerprint density at radius 2 is 0.864 bits per heavy atom. The fraction of sp³-hybridized carbons (Fsp3) is 0. The molecule has 22 heavy (non-hydrogen) atoms. The van der Waals surface area contributed by atoms with Gasteiger partial charge in [0.2, 0.25) is 11.9 Å². The lowest BCUT2D eigenvalue weighted by Crippen LogP contribution is -2.26. The molecule has 0 unspecified atom stereocenters. The highest BCUT2D eigenvalue weighted by Crippen LogP contribution is 2.18. The molecule has 0 aliphatic heterocycles. The summed E-state index contributed by atoms with van der Waals surface area (Å²) in [7, 11) is 0. The molecule has 0 aliphatic carbocycles. The highest BCUT2D eigenvalue weighted by molar-refractivity contribution is 5.94. The molecule has 0 aliphatic rings. The molecule has 0 atom stereocenters. The predicted molar refractivity (Wildman–Crippen MR) is 95.1 cm³/mol. The summed E-state index contributed by atoms with van der Waals surface area (Å²) in [6, 6.07) is 6.60. The third kappa shape index (κ3) is 8.45. The molecule has 12 N–H and O–H groups in total. The second-order valence-corrected chi connectivity index (χ2v) is 3.53. The van der Waals surface area contributed by atoms with Crippen LogP contribution in [0.3, 0.4) is 0 Å². The normalized spacial score (nSPS) is 10.7. The van der Waals surface area contributed by atoms with E-state index in [0.717, 1.165) is 0 Å². The highest BCUT2D eigenvalue weighted by Gasteiger charge is 1.96. The van der Waals surface area contributed by atoms with Crippen LogP contribution in [0.15, 0.2) is 44.2 Å². The monoisotopic (exact) mass is 348 g/mol. The first-order valence-corrected chi connectivity index (χ1v) is 5.34. The molecular weight excluding hydrogens is 331 g/mol. The van der Waals surface area contributed by atoms with Gasteiger partial charge in [0, 0.05) is 0 Å². The lowest BCUT2D eigenvalue weighted by Gasteiger charge is -1.98. The van der Waals surface area contributed by atoms with Crippen molar-refractivity contribution in [3.63, 3.8) is 0 Å². The molecule has 0 aromatic heterocycles. The first-order valence-electron chi connectivity index (χ1n) is 5.34. The molecular formula is C10H18Cl2N10. The molecule has 0 amide bonds. The zero-order chi connectivity index (χ0) is 15.1. The lowest BCUT2D eigenvalue weighted by molar-refractivity contribution is 1.36. The molecule has 0 heterocycles. The number of rotatable bonds is 2. The van der Waals surface area contributed by atoms with Crippen LogP contribution in [-0.2, 0) is 0 Å². The summed E-state index contributed by atoms with van der Waals surface area (Å²) in [5.41, 5.74) is 32.7. The average Bonchev–Trinajstić information content (AvgIpc) is 2.29. The molecule has 10 nitrogen and oxygen atoms in total. The number of nitrogens with two attached hydrogens (primary N) is 6. The van der Waals surface area contributed by atoms with Crippen molar-refractivity contribution in [1.82, 2.24) is 0 Å². The SMILES string of the molecule is Cl.Cl.NC(N)=NC(N)=Nc1ccc(N=C(N)N=C(N)N)cc1. The van der Waals surface area contributed by atoms with E-state index in [9.17, 15) is 0 Å². The van der Waals surface area contributed by atoms with Gasteiger partial charge in [-0.3, -0.25) is 0 Å². The van der Waals surface area contributed by atoms with Crippen LogP contribution < -0.4 is 34.4 Å². The zero-order valence-corrected chi connectivity index (χ0v) is 13.0. The maximum Gasteiger partial charge on any atom is 0.223 e. The second-order valence-electron chi connectivity index (χ2n) is 3.53. The molecule has 12 heteroatoms. The van der Waals surface area contributed by atoms with Gasteiger partial charge in [-0.15, -0.1) is 24.8 Å². The van der Waals surface area contributed by atoms with Crippen LogP contribution in [0.2, 0.25) is 0 Å². The summed E-state index contributed by atoms with van der Waals surface area (Å²) in [5.74, 6) is -0.447. The third-order valence-electron chi connectivity index (χ3n) is 1.82. The summed E-state index contributed by atoms with van der Waals surface area (Å²) < 4.78 is 0. The minimum absolute atomic E-state index is 0. The van der Waals surface area contributed by atoms with Gasteiger partial charge in [-0.05, 0) is 24.3 Å². The maximum absolute atomic E-state index is 5.49. The molecule has 0 radical (unpaired) electrons. The van der Waals surface area contributed by atoms with E-state index < -0.39 is 0 Å². The van der Waals surface area contributed by atoms with Crippen molar-refractivity contribution in [1.29, 1.82) is 0 Å². The molecule has 0 fully saturated rings. The topological polar surface area (TPSA) is 206 Å². The van der Waals surface area contributed by atoms with Crippen LogP contribution in [0.5, 0.6) is 0 Å². The van der Waals surface area contributed by atoms with Gasteiger partial charge < -0.3 is 34.4 Å². The van der Waals surface area contributed by atoms with Gasteiger partial charge in [-0.25, -0.2) is 9.98 Å². The Hall–Kier alpha value is -2.72. The van der Waals surface area contributed by atoms with Gasteiger partial charge in [-0.1, -0.05) is 0 Å². The van der Waals surface area contributed by atoms with Gasteiger partial charge in [0.15, 0.2) is 11.9 Å². The number of guanidine groups is 4. The summed E-state index contributed by atoms with van der Waals surface area (Å²) >= 11 is 0. The average molecular weight is 349 g/mol. The summed E-state index contributed by atoms with van der Waals surface area (Å²) in [6.07, 6.45) is 0. The van der Waals surface area contributed by atoms with E-state index in [1.165, 1.54) is 0 Å². The van der Waals surface area contributed by atoms with Gasteiger partial charge in [0.1, 0.15) is 0 Å². The van der Waals surface area contributed by atoms with Crippen molar-refractivity contribution in [3.8, 4) is 0 Å². The van der Waals surface area contributed by atoms with E-state index in [1.54, 1.807) is 24.3 Å². The van der Waals surface area contributed by atoms with E-state index in [1.807, 2.05) is 0 Å². The molecule has 1 aromatic rings. The Balaban J connectivity index is 0. The van der Waals surface area contributed by atoms with Crippen molar-refractivity contribution in [2.45, 2.75) is 0 Å². The number of nitrogens with zero attached hydrogens (tertiary/aromatic N) is 4. The second kappa shape index (κ2) is 10.1. The molecule has 0 saturated heterocycles. The van der Waals surface area contributed by atoms with E-state index in [4.69, 9.17) is 34.4 Å². The molecule has 1 rings (SSSR count). The van der Waals surface area contributed by atoms with Crippen LogP contribution in [-0.4, -0.2) is 23.8 Å². The number of benzene rings is 1. The Kier molecular flexibility index (Phi) is 9.88. The van der Waals surface area contributed by atoms with Crippen LogP contribution in [0.25, 0.3) is 0 Å². The zero-order valence-electron chi connectivity index (χ0n) is 11.4. The molecule has 0 bridgehead atoms. The van der Waals surface area contributed by atoms with Crippen LogP contribution >= 0.6 is 24.8 Å². The smallest absolute Gasteiger partial charge is 0.223 e. The van der Waals surface area contributed by atoms with E-state index >= 15 is 0 Å². The van der Waals surface area contributed by atoms with Gasteiger partial charge in [-0.2, -0.15) is 9.98 Å². The molecule has 0 spiro atoms. The van der Waals surface area contributed by atoms with E-state index in [-0.39, 0.29) is 48.7 Å². The maximum atomic E-state index is 5.49. The van der Waals surface area contributed by atoms with Crippen molar-refractivity contribution in [3.05, 3.63) is 24.3 Å².